The SMILES string of the molecule is CC(=O)CC[C@@H](CC(=O)C(C)C)NC(C)C. The maximum Gasteiger partial charge on any atom is 0.136 e. The highest BCUT2D eigenvalue weighted by Gasteiger charge is 2.17. The number of hydrogen-bond acceptors (Lipinski definition) is 3. The highest BCUT2D eigenvalue weighted by Crippen LogP contribution is 2.09. The van der Waals surface area contributed by atoms with E-state index in [2.05, 4.69) is 19.2 Å². The maximum absolute atomic E-state index is 11.7. The van der Waals surface area contributed by atoms with Gasteiger partial charge in [0.15, 0.2) is 0 Å². The molecule has 0 fully saturated rings. The molecule has 0 radical (unpaired) electrons. The van der Waals surface area contributed by atoms with Gasteiger partial charge in [0.2, 0.25) is 0 Å². The highest BCUT2D eigenvalue weighted by atomic mass is 16.1. The summed E-state index contributed by atoms with van der Waals surface area (Å²) in [4.78, 5) is 22.6. The second kappa shape index (κ2) is 7.55. The quantitative estimate of drug-likeness (QED) is 0.692. The topological polar surface area (TPSA) is 46.2 Å². The van der Waals surface area contributed by atoms with Crippen LogP contribution in [-0.2, 0) is 9.59 Å². The van der Waals surface area contributed by atoms with Gasteiger partial charge in [-0.2, -0.15) is 0 Å². The van der Waals surface area contributed by atoms with Crippen molar-refractivity contribution >= 4 is 11.6 Å². The fourth-order valence-corrected chi connectivity index (χ4v) is 1.57. The minimum Gasteiger partial charge on any atom is -0.311 e. The van der Waals surface area contributed by atoms with Crippen molar-refractivity contribution < 1.29 is 9.59 Å². The Morgan fingerprint density at radius 2 is 1.69 bits per heavy atom. The van der Waals surface area contributed by atoms with E-state index in [-0.39, 0.29) is 23.5 Å². The summed E-state index contributed by atoms with van der Waals surface area (Å²) in [5.41, 5.74) is 0. The molecule has 0 rings (SSSR count). The first-order chi connectivity index (χ1) is 7.32. The molecule has 0 saturated carbocycles. The summed E-state index contributed by atoms with van der Waals surface area (Å²) < 4.78 is 0. The van der Waals surface area contributed by atoms with Gasteiger partial charge in [0, 0.05) is 30.8 Å². The van der Waals surface area contributed by atoms with Crippen molar-refractivity contribution in [3.05, 3.63) is 0 Å². The van der Waals surface area contributed by atoms with Crippen molar-refractivity contribution in [3.63, 3.8) is 0 Å². The van der Waals surface area contributed by atoms with Gasteiger partial charge < -0.3 is 10.1 Å². The van der Waals surface area contributed by atoms with Gasteiger partial charge >= 0.3 is 0 Å². The molecule has 0 aromatic rings. The lowest BCUT2D eigenvalue weighted by Gasteiger charge is -2.21. The van der Waals surface area contributed by atoms with Gasteiger partial charge in [-0.25, -0.2) is 0 Å². The molecule has 0 unspecified atom stereocenters. The van der Waals surface area contributed by atoms with E-state index in [1.165, 1.54) is 0 Å². The summed E-state index contributed by atoms with van der Waals surface area (Å²) >= 11 is 0. The van der Waals surface area contributed by atoms with E-state index in [0.29, 0.717) is 18.9 Å². The molecule has 0 spiro atoms. The van der Waals surface area contributed by atoms with Crippen LogP contribution < -0.4 is 5.32 Å². The van der Waals surface area contributed by atoms with Crippen molar-refractivity contribution in [2.75, 3.05) is 0 Å². The molecule has 0 heterocycles. The minimum atomic E-state index is 0.0776. The molecule has 0 aliphatic heterocycles. The molecule has 1 N–H and O–H groups in total. The third-order valence-corrected chi connectivity index (χ3v) is 2.51. The first kappa shape index (κ1) is 15.3. The Balaban J connectivity index is 4.19. The first-order valence-corrected chi connectivity index (χ1v) is 6.11. The maximum atomic E-state index is 11.7. The zero-order valence-electron chi connectivity index (χ0n) is 11.2. The van der Waals surface area contributed by atoms with Gasteiger partial charge in [0.05, 0.1) is 0 Å². The van der Waals surface area contributed by atoms with Crippen LogP contribution in [0.25, 0.3) is 0 Å². The summed E-state index contributed by atoms with van der Waals surface area (Å²) in [6.45, 7) is 9.54. The zero-order chi connectivity index (χ0) is 12.7. The Morgan fingerprint density at radius 1 is 1.12 bits per heavy atom. The molecule has 0 aromatic carbocycles. The lowest BCUT2D eigenvalue weighted by molar-refractivity contribution is -0.123. The number of ketones is 2. The van der Waals surface area contributed by atoms with Crippen LogP contribution in [-0.4, -0.2) is 23.7 Å². The Labute approximate surface area is 99.0 Å². The largest absolute Gasteiger partial charge is 0.311 e. The molecule has 0 amide bonds. The highest BCUT2D eigenvalue weighted by molar-refractivity contribution is 5.81. The summed E-state index contributed by atoms with van der Waals surface area (Å²) in [6.07, 6.45) is 1.84. The van der Waals surface area contributed by atoms with Crippen LogP contribution in [0.1, 0.15) is 53.9 Å². The van der Waals surface area contributed by atoms with E-state index in [0.717, 1.165) is 6.42 Å². The summed E-state index contributed by atoms with van der Waals surface area (Å²) in [5.74, 6) is 0.531. The minimum absolute atomic E-state index is 0.0776. The lowest BCUT2D eigenvalue weighted by atomic mass is 9.97. The fourth-order valence-electron chi connectivity index (χ4n) is 1.57. The second-order valence-corrected chi connectivity index (χ2v) is 5.08. The molecule has 0 bridgehead atoms. The Morgan fingerprint density at radius 3 is 2.06 bits per heavy atom. The average Bonchev–Trinajstić information content (AvgIpc) is 2.12. The average molecular weight is 227 g/mol. The summed E-state index contributed by atoms with van der Waals surface area (Å²) in [5, 5.41) is 3.35. The third kappa shape index (κ3) is 7.57. The molecule has 0 aromatic heterocycles. The third-order valence-electron chi connectivity index (χ3n) is 2.51. The van der Waals surface area contributed by atoms with Crippen molar-refractivity contribution in [3.8, 4) is 0 Å². The Bertz CT molecular complexity index is 234. The number of hydrogen-bond donors (Lipinski definition) is 1. The van der Waals surface area contributed by atoms with E-state index in [1.54, 1.807) is 6.92 Å². The molecule has 0 saturated heterocycles. The van der Waals surface area contributed by atoms with Crippen molar-refractivity contribution in [2.24, 2.45) is 5.92 Å². The molecule has 0 aliphatic rings. The van der Waals surface area contributed by atoms with Crippen LogP contribution in [0.4, 0.5) is 0 Å². The van der Waals surface area contributed by atoms with E-state index < -0.39 is 0 Å². The van der Waals surface area contributed by atoms with Crippen LogP contribution in [0.3, 0.4) is 0 Å². The number of carbonyl (C=O) groups is 2. The molecule has 3 nitrogen and oxygen atoms in total. The van der Waals surface area contributed by atoms with Crippen LogP contribution in [0.15, 0.2) is 0 Å². The molecule has 3 heteroatoms. The predicted molar refractivity (Wildman–Crippen MR) is 66.4 cm³/mol. The van der Waals surface area contributed by atoms with Crippen LogP contribution in [0.5, 0.6) is 0 Å². The number of carbonyl (C=O) groups excluding carboxylic acids is 2. The fraction of sp³-hybridized carbons (Fsp3) is 0.846. The molecule has 94 valence electrons. The molecule has 0 aliphatic carbocycles. The molecule has 1 atom stereocenters. The first-order valence-electron chi connectivity index (χ1n) is 6.11. The Kier molecular flexibility index (Phi) is 7.22. The number of Topliss-reactive ketones (excluding diaryl/α,β-unsaturated/α-hetero) is 2. The van der Waals surface area contributed by atoms with Crippen molar-refractivity contribution in [1.82, 2.24) is 5.32 Å². The summed E-state index contributed by atoms with van der Waals surface area (Å²) in [6, 6.07) is 0.482. The molecule has 16 heavy (non-hydrogen) atoms. The van der Waals surface area contributed by atoms with Gasteiger partial charge in [-0.3, -0.25) is 4.79 Å². The van der Waals surface area contributed by atoms with E-state index in [1.807, 2.05) is 13.8 Å². The van der Waals surface area contributed by atoms with Gasteiger partial charge in [-0.15, -0.1) is 0 Å². The second-order valence-electron chi connectivity index (χ2n) is 5.08. The zero-order valence-corrected chi connectivity index (χ0v) is 11.2. The van der Waals surface area contributed by atoms with E-state index in [9.17, 15) is 9.59 Å². The lowest BCUT2D eigenvalue weighted by Crippen LogP contribution is -2.37. The van der Waals surface area contributed by atoms with Crippen molar-refractivity contribution in [2.45, 2.75) is 66.0 Å². The van der Waals surface area contributed by atoms with Gasteiger partial charge in [-0.05, 0) is 13.3 Å². The predicted octanol–water partition coefficient (Wildman–Crippen LogP) is 2.34. The van der Waals surface area contributed by atoms with Gasteiger partial charge in [0.25, 0.3) is 0 Å². The van der Waals surface area contributed by atoms with E-state index >= 15 is 0 Å². The van der Waals surface area contributed by atoms with Crippen molar-refractivity contribution in [1.29, 1.82) is 0 Å². The van der Waals surface area contributed by atoms with Crippen LogP contribution in [0.2, 0.25) is 0 Å². The van der Waals surface area contributed by atoms with Gasteiger partial charge in [0.1, 0.15) is 11.6 Å². The van der Waals surface area contributed by atoms with Crippen LogP contribution in [0, 0.1) is 5.92 Å². The number of rotatable bonds is 8. The van der Waals surface area contributed by atoms with Gasteiger partial charge in [-0.1, -0.05) is 27.7 Å². The van der Waals surface area contributed by atoms with Crippen LogP contribution >= 0.6 is 0 Å². The molecular formula is C13H25NO2. The molecular weight excluding hydrogens is 202 g/mol. The standard InChI is InChI=1S/C13H25NO2/c1-9(2)13(16)8-12(14-10(3)4)7-6-11(5)15/h9-10,12,14H,6-8H2,1-5H3/t12-/m0/s1. The normalized spacial score (nSPS) is 13.2. The Hall–Kier alpha value is -0.700. The number of nitrogens with one attached hydrogen (secondary N) is 1. The summed E-state index contributed by atoms with van der Waals surface area (Å²) in [7, 11) is 0. The monoisotopic (exact) mass is 227 g/mol. The smallest absolute Gasteiger partial charge is 0.136 e. The van der Waals surface area contributed by atoms with E-state index in [4.69, 9.17) is 0 Å².